The third-order valence-electron chi connectivity index (χ3n) is 4.43. The molecule has 2 aromatic rings. The van der Waals surface area contributed by atoms with Gasteiger partial charge in [0.2, 0.25) is 0 Å². The topological polar surface area (TPSA) is 46.6 Å². The van der Waals surface area contributed by atoms with Crippen LogP contribution in [0.25, 0.3) is 0 Å². The molecule has 24 heavy (non-hydrogen) atoms. The van der Waals surface area contributed by atoms with Crippen molar-refractivity contribution in [2.24, 2.45) is 11.8 Å². The number of fused-ring (bicyclic) bond motifs is 2. The third kappa shape index (κ3) is 2.69. The number of hydrogen-bond acceptors (Lipinski definition) is 4. The van der Waals surface area contributed by atoms with Crippen molar-refractivity contribution in [2.75, 3.05) is 11.5 Å². The first-order valence-electron chi connectivity index (χ1n) is 8.00. The molecule has 0 radical (unpaired) electrons. The van der Waals surface area contributed by atoms with Crippen LogP contribution >= 0.6 is 11.8 Å². The minimum atomic E-state index is -0.260. The number of amides is 1. The van der Waals surface area contributed by atoms with Gasteiger partial charge in [-0.05, 0) is 36.6 Å². The number of ether oxygens (including phenoxy) is 1. The standard InChI is InChI=1S/C19H17NO3S/c1-12-10-13(12)19(22)23-11-18(21)20-14-6-2-4-8-16(14)24-17-9-5-3-7-15(17)20/h2-9,12-13H,10-11H2,1H3/t12-,13+/m1/s1. The van der Waals surface area contributed by atoms with Gasteiger partial charge in [-0.3, -0.25) is 14.5 Å². The van der Waals surface area contributed by atoms with E-state index in [1.165, 1.54) is 0 Å². The molecule has 2 atom stereocenters. The van der Waals surface area contributed by atoms with Crippen LogP contribution in [0, 0.1) is 11.8 Å². The fourth-order valence-electron chi connectivity index (χ4n) is 2.93. The number of anilines is 2. The molecule has 122 valence electrons. The van der Waals surface area contributed by atoms with Crippen LogP contribution in [0.2, 0.25) is 0 Å². The zero-order valence-corrected chi connectivity index (χ0v) is 14.1. The second kappa shape index (κ2) is 5.98. The SMILES string of the molecule is C[C@@H]1C[C@@H]1C(=O)OCC(=O)N1c2ccccc2Sc2ccccc21. The van der Waals surface area contributed by atoms with Gasteiger partial charge in [-0.1, -0.05) is 43.0 Å². The Labute approximate surface area is 144 Å². The molecule has 1 heterocycles. The highest BCUT2D eigenvalue weighted by Crippen LogP contribution is 2.47. The molecule has 4 rings (SSSR count). The van der Waals surface area contributed by atoms with E-state index in [4.69, 9.17) is 4.74 Å². The van der Waals surface area contributed by atoms with Crippen molar-refractivity contribution in [1.82, 2.24) is 0 Å². The lowest BCUT2D eigenvalue weighted by molar-refractivity contribution is -0.149. The van der Waals surface area contributed by atoms with Crippen molar-refractivity contribution in [3.8, 4) is 0 Å². The Bertz CT molecular complexity index is 774. The molecular formula is C19H17NO3S. The van der Waals surface area contributed by atoms with Gasteiger partial charge in [-0.15, -0.1) is 0 Å². The lowest BCUT2D eigenvalue weighted by Gasteiger charge is -2.30. The van der Waals surface area contributed by atoms with Crippen molar-refractivity contribution in [3.63, 3.8) is 0 Å². The van der Waals surface area contributed by atoms with Crippen molar-refractivity contribution in [3.05, 3.63) is 48.5 Å². The Kier molecular flexibility index (Phi) is 3.81. The maximum atomic E-state index is 12.8. The molecule has 2 aromatic carbocycles. The summed E-state index contributed by atoms with van der Waals surface area (Å²) in [7, 11) is 0. The molecule has 0 N–H and O–H groups in total. The number of carbonyl (C=O) groups excluding carboxylic acids is 2. The molecule has 0 bridgehead atoms. The van der Waals surface area contributed by atoms with Gasteiger partial charge < -0.3 is 4.74 Å². The molecule has 4 nitrogen and oxygen atoms in total. The van der Waals surface area contributed by atoms with Gasteiger partial charge in [-0.25, -0.2) is 0 Å². The Morgan fingerprint density at radius 3 is 2.17 bits per heavy atom. The average Bonchev–Trinajstić information content (AvgIpc) is 3.34. The predicted octanol–water partition coefficient (Wildman–Crippen LogP) is 4.02. The Morgan fingerprint density at radius 1 is 1.08 bits per heavy atom. The molecule has 1 aliphatic heterocycles. The van der Waals surface area contributed by atoms with Gasteiger partial charge in [0.1, 0.15) is 0 Å². The van der Waals surface area contributed by atoms with E-state index in [-0.39, 0.29) is 24.4 Å². The molecule has 0 aromatic heterocycles. The highest BCUT2D eigenvalue weighted by atomic mass is 32.2. The van der Waals surface area contributed by atoms with E-state index in [9.17, 15) is 9.59 Å². The highest BCUT2D eigenvalue weighted by Gasteiger charge is 2.41. The summed E-state index contributed by atoms with van der Waals surface area (Å²) in [5.41, 5.74) is 1.67. The fraction of sp³-hybridized carbons (Fsp3) is 0.263. The van der Waals surface area contributed by atoms with Gasteiger partial charge in [-0.2, -0.15) is 0 Å². The quantitative estimate of drug-likeness (QED) is 0.793. The van der Waals surface area contributed by atoms with Gasteiger partial charge in [0.25, 0.3) is 5.91 Å². The summed E-state index contributed by atoms with van der Waals surface area (Å²) in [5.74, 6) is -0.143. The first-order valence-corrected chi connectivity index (χ1v) is 8.82. The summed E-state index contributed by atoms with van der Waals surface area (Å²) < 4.78 is 5.24. The Balaban J connectivity index is 1.59. The van der Waals surface area contributed by atoms with Crippen molar-refractivity contribution in [2.45, 2.75) is 23.1 Å². The molecule has 5 heteroatoms. The molecule has 0 spiro atoms. The zero-order valence-electron chi connectivity index (χ0n) is 13.3. The number of rotatable bonds is 3. The van der Waals surface area contributed by atoms with Crippen LogP contribution in [0.4, 0.5) is 11.4 Å². The maximum absolute atomic E-state index is 12.8. The lowest BCUT2D eigenvalue weighted by Crippen LogP contribution is -2.32. The monoisotopic (exact) mass is 339 g/mol. The Hall–Kier alpha value is -2.27. The zero-order chi connectivity index (χ0) is 16.7. The highest BCUT2D eigenvalue weighted by molar-refractivity contribution is 7.99. The number of carbonyl (C=O) groups is 2. The van der Waals surface area contributed by atoms with E-state index in [1.807, 2.05) is 55.5 Å². The van der Waals surface area contributed by atoms with Crippen LogP contribution in [0.5, 0.6) is 0 Å². The van der Waals surface area contributed by atoms with Crippen LogP contribution in [-0.2, 0) is 14.3 Å². The van der Waals surface area contributed by atoms with Crippen molar-refractivity contribution >= 4 is 35.0 Å². The van der Waals surface area contributed by atoms with E-state index in [0.717, 1.165) is 27.6 Å². The van der Waals surface area contributed by atoms with E-state index in [2.05, 4.69) is 0 Å². The van der Waals surface area contributed by atoms with Crippen molar-refractivity contribution in [1.29, 1.82) is 0 Å². The van der Waals surface area contributed by atoms with E-state index >= 15 is 0 Å². The number of para-hydroxylation sites is 2. The second-order valence-corrected chi connectivity index (χ2v) is 7.28. The van der Waals surface area contributed by atoms with Crippen LogP contribution in [0.1, 0.15) is 13.3 Å². The number of hydrogen-bond donors (Lipinski definition) is 0. The first kappa shape index (κ1) is 15.3. The van der Waals surface area contributed by atoms with Gasteiger partial charge in [0.15, 0.2) is 6.61 Å². The minimum Gasteiger partial charge on any atom is -0.455 e. The molecule has 0 unspecified atom stereocenters. The molecule has 0 saturated heterocycles. The van der Waals surface area contributed by atoms with Gasteiger partial charge >= 0.3 is 5.97 Å². The normalized spacial score (nSPS) is 20.8. The molecule has 2 aliphatic rings. The smallest absolute Gasteiger partial charge is 0.309 e. The number of benzene rings is 2. The Morgan fingerprint density at radius 2 is 1.62 bits per heavy atom. The summed E-state index contributed by atoms with van der Waals surface area (Å²) >= 11 is 1.64. The van der Waals surface area contributed by atoms with Gasteiger partial charge in [0, 0.05) is 9.79 Å². The first-order chi connectivity index (χ1) is 11.6. The maximum Gasteiger partial charge on any atom is 0.309 e. The van der Waals surface area contributed by atoms with Crippen LogP contribution < -0.4 is 4.90 Å². The molecule has 1 aliphatic carbocycles. The van der Waals surface area contributed by atoms with E-state index < -0.39 is 0 Å². The summed E-state index contributed by atoms with van der Waals surface area (Å²) in [6.07, 6.45) is 0.860. The molecule has 1 amide bonds. The largest absolute Gasteiger partial charge is 0.455 e. The number of nitrogens with zero attached hydrogens (tertiary/aromatic N) is 1. The molecule has 1 saturated carbocycles. The summed E-state index contributed by atoms with van der Waals surface area (Å²) in [4.78, 5) is 28.4. The van der Waals surface area contributed by atoms with Crippen LogP contribution in [0.3, 0.4) is 0 Å². The lowest BCUT2D eigenvalue weighted by atomic mass is 10.2. The van der Waals surface area contributed by atoms with E-state index in [1.54, 1.807) is 16.7 Å². The summed E-state index contributed by atoms with van der Waals surface area (Å²) in [6, 6.07) is 15.6. The summed E-state index contributed by atoms with van der Waals surface area (Å²) in [6.45, 7) is 1.79. The van der Waals surface area contributed by atoms with Crippen LogP contribution in [-0.4, -0.2) is 18.5 Å². The number of esters is 1. The van der Waals surface area contributed by atoms with E-state index in [0.29, 0.717) is 5.92 Å². The van der Waals surface area contributed by atoms with Gasteiger partial charge in [0.05, 0.1) is 17.3 Å². The predicted molar refractivity (Wildman–Crippen MR) is 92.4 cm³/mol. The minimum absolute atomic E-state index is 0.0331. The van der Waals surface area contributed by atoms with Crippen LogP contribution in [0.15, 0.2) is 58.3 Å². The third-order valence-corrected chi connectivity index (χ3v) is 5.56. The molecular weight excluding hydrogens is 322 g/mol. The second-order valence-electron chi connectivity index (χ2n) is 6.19. The van der Waals surface area contributed by atoms with Crippen molar-refractivity contribution < 1.29 is 14.3 Å². The molecule has 1 fully saturated rings. The average molecular weight is 339 g/mol. The fourth-order valence-corrected chi connectivity index (χ4v) is 3.99. The summed E-state index contributed by atoms with van der Waals surface area (Å²) in [5, 5.41) is 0.